The lowest BCUT2D eigenvalue weighted by atomic mass is 10.1. The van der Waals surface area contributed by atoms with Crippen LogP contribution in [0.3, 0.4) is 0 Å². The molecule has 0 aliphatic heterocycles. The Morgan fingerprint density at radius 3 is 2.61 bits per heavy atom. The van der Waals surface area contributed by atoms with Gasteiger partial charge in [0.2, 0.25) is 0 Å². The van der Waals surface area contributed by atoms with Gasteiger partial charge in [-0.15, -0.1) is 11.3 Å². The van der Waals surface area contributed by atoms with Crippen LogP contribution in [0.25, 0.3) is 16.2 Å². The molecule has 0 radical (unpaired) electrons. The quantitative estimate of drug-likeness (QED) is 0.550. The number of nitrogens with zero attached hydrogens (tertiary/aromatic N) is 3. The van der Waals surface area contributed by atoms with Crippen molar-refractivity contribution in [1.82, 2.24) is 19.7 Å². The second-order valence-corrected chi connectivity index (χ2v) is 6.82. The van der Waals surface area contributed by atoms with Gasteiger partial charge in [0.15, 0.2) is 10.7 Å². The minimum absolute atomic E-state index is 0.155. The number of thiazole rings is 1. The second kappa shape index (κ2) is 7.08. The number of aromatic nitrogens is 3. The Morgan fingerprint density at radius 2 is 1.93 bits per heavy atom. The zero-order chi connectivity index (χ0) is 19.7. The minimum Gasteiger partial charge on any atom is -0.345 e. The summed E-state index contributed by atoms with van der Waals surface area (Å²) in [4.78, 5) is 21.8. The van der Waals surface area contributed by atoms with Gasteiger partial charge in [0.1, 0.15) is 0 Å². The van der Waals surface area contributed by atoms with Crippen LogP contribution in [0, 0.1) is 0 Å². The van der Waals surface area contributed by atoms with E-state index in [9.17, 15) is 18.0 Å². The van der Waals surface area contributed by atoms with Crippen LogP contribution in [-0.2, 0) is 12.7 Å². The van der Waals surface area contributed by atoms with Crippen molar-refractivity contribution in [1.29, 1.82) is 0 Å². The minimum atomic E-state index is -4.42. The fraction of sp³-hybridized carbons (Fsp3) is 0.105. The highest BCUT2D eigenvalue weighted by atomic mass is 32.1. The van der Waals surface area contributed by atoms with Crippen LogP contribution in [-0.4, -0.2) is 20.3 Å². The molecule has 0 bridgehead atoms. The number of pyridine rings is 1. The number of alkyl halides is 3. The molecule has 0 spiro atoms. The van der Waals surface area contributed by atoms with E-state index in [0.29, 0.717) is 21.9 Å². The van der Waals surface area contributed by atoms with Crippen molar-refractivity contribution in [2.75, 3.05) is 0 Å². The van der Waals surface area contributed by atoms with Gasteiger partial charge < -0.3 is 5.32 Å². The van der Waals surface area contributed by atoms with E-state index < -0.39 is 17.6 Å². The number of carbonyl (C=O) groups is 1. The molecular weight excluding hydrogens is 389 g/mol. The number of imidazole rings is 1. The van der Waals surface area contributed by atoms with E-state index in [0.717, 1.165) is 12.1 Å². The summed E-state index contributed by atoms with van der Waals surface area (Å²) < 4.78 is 40.2. The molecule has 0 fully saturated rings. The lowest BCUT2D eigenvalue weighted by Gasteiger charge is -2.09. The van der Waals surface area contributed by atoms with Gasteiger partial charge in [-0.25, -0.2) is 4.98 Å². The van der Waals surface area contributed by atoms with Crippen LogP contribution >= 0.6 is 11.3 Å². The molecule has 9 heteroatoms. The van der Waals surface area contributed by atoms with Gasteiger partial charge in [-0.2, -0.15) is 13.2 Å². The van der Waals surface area contributed by atoms with Crippen LogP contribution in [0.15, 0.2) is 60.2 Å². The lowest BCUT2D eigenvalue weighted by molar-refractivity contribution is -0.137. The normalized spacial score (nSPS) is 11.7. The van der Waals surface area contributed by atoms with E-state index in [2.05, 4.69) is 15.3 Å². The molecule has 4 rings (SSSR count). The maximum Gasteiger partial charge on any atom is 0.416 e. The summed E-state index contributed by atoms with van der Waals surface area (Å²) in [5.74, 6) is -0.420. The Hall–Kier alpha value is -3.20. The van der Waals surface area contributed by atoms with Crippen LogP contribution in [0.1, 0.15) is 21.7 Å². The van der Waals surface area contributed by atoms with Crippen molar-refractivity contribution >= 4 is 22.2 Å². The molecule has 1 amide bonds. The Balaban J connectivity index is 1.68. The predicted molar refractivity (Wildman–Crippen MR) is 98.9 cm³/mol. The molecule has 0 saturated carbocycles. The van der Waals surface area contributed by atoms with Crippen molar-refractivity contribution in [2.45, 2.75) is 12.7 Å². The number of amides is 1. The Labute approximate surface area is 161 Å². The summed E-state index contributed by atoms with van der Waals surface area (Å²) in [6.45, 7) is 0.220. The first-order valence-electron chi connectivity index (χ1n) is 8.25. The number of nitrogens with one attached hydrogen (secondary N) is 1. The van der Waals surface area contributed by atoms with Crippen molar-refractivity contribution in [3.05, 3.63) is 77.2 Å². The average molecular weight is 402 g/mol. The molecule has 3 heterocycles. The lowest BCUT2D eigenvalue weighted by Crippen LogP contribution is -2.24. The third-order valence-electron chi connectivity index (χ3n) is 4.12. The molecule has 1 N–H and O–H groups in total. The highest BCUT2D eigenvalue weighted by molar-refractivity contribution is 7.15. The molecule has 142 valence electrons. The fourth-order valence-corrected chi connectivity index (χ4v) is 3.51. The van der Waals surface area contributed by atoms with E-state index in [1.54, 1.807) is 34.3 Å². The summed E-state index contributed by atoms with van der Waals surface area (Å²) >= 11 is 1.34. The van der Waals surface area contributed by atoms with E-state index in [4.69, 9.17) is 0 Å². The molecule has 4 aromatic rings. The maximum absolute atomic E-state index is 12.8. The first-order chi connectivity index (χ1) is 13.4. The van der Waals surface area contributed by atoms with E-state index in [1.165, 1.54) is 23.5 Å². The number of fused-ring (bicyclic) bond motifs is 1. The monoisotopic (exact) mass is 402 g/mol. The van der Waals surface area contributed by atoms with Crippen LogP contribution in [0.5, 0.6) is 0 Å². The molecule has 3 aromatic heterocycles. The van der Waals surface area contributed by atoms with Gasteiger partial charge in [-0.3, -0.25) is 14.2 Å². The van der Waals surface area contributed by atoms with Gasteiger partial charge in [-0.1, -0.05) is 18.2 Å². The van der Waals surface area contributed by atoms with Crippen LogP contribution in [0.4, 0.5) is 13.2 Å². The summed E-state index contributed by atoms with van der Waals surface area (Å²) in [6.07, 6.45) is -1.06. The second-order valence-electron chi connectivity index (χ2n) is 5.94. The highest BCUT2D eigenvalue weighted by Crippen LogP contribution is 2.32. The van der Waals surface area contributed by atoms with Crippen molar-refractivity contribution in [3.63, 3.8) is 0 Å². The predicted octanol–water partition coefficient (Wildman–Crippen LogP) is 4.41. The van der Waals surface area contributed by atoms with Gasteiger partial charge in [0.25, 0.3) is 5.91 Å². The van der Waals surface area contributed by atoms with Crippen molar-refractivity contribution in [2.24, 2.45) is 0 Å². The number of hydrogen-bond donors (Lipinski definition) is 1. The summed E-state index contributed by atoms with van der Waals surface area (Å²) in [6, 6.07) is 10.1. The van der Waals surface area contributed by atoms with Crippen LogP contribution in [0.2, 0.25) is 0 Å². The summed E-state index contributed by atoms with van der Waals surface area (Å²) in [5, 5.41) is 4.56. The smallest absolute Gasteiger partial charge is 0.345 e. The number of hydrogen-bond acceptors (Lipinski definition) is 4. The van der Waals surface area contributed by atoms with Gasteiger partial charge in [0.05, 0.1) is 23.5 Å². The Morgan fingerprint density at radius 1 is 1.14 bits per heavy atom. The van der Waals surface area contributed by atoms with Crippen molar-refractivity contribution < 1.29 is 18.0 Å². The fourth-order valence-electron chi connectivity index (χ4n) is 2.79. The molecular formula is C19H13F3N4OS. The molecule has 1 aromatic carbocycles. The molecule has 0 aliphatic carbocycles. The van der Waals surface area contributed by atoms with Crippen LogP contribution < -0.4 is 5.32 Å². The standard InChI is InChI=1S/C19H13F3N4OS/c20-19(21,22)13-6-4-12(5-7-13)16-15(25-18-26(16)9-10-28-18)17(27)24-11-14-3-1-2-8-23-14/h1-10H,11H2,(H,24,27). The summed E-state index contributed by atoms with van der Waals surface area (Å²) in [5.41, 5.74) is 1.02. The number of rotatable bonds is 4. The third-order valence-corrected chi connectivity index (χ3v) is 4.88. The topological polar surface area (TPSA) is 59.3 Å². The molecule has 0 atom stereocenters. The molecule has 0 saturated heterocycles. The first-order valence-corrected chi connectivity index (χ1v) is 9.13. The number of carbonyl (C=O) groups excluding carboxylic acids is 1. The van der Waals surface area contributed by atoms with Gasteiger partial charge >= 0.3 is 6.18 Å². The zero-order valence-corrected chi connectivity index (χ0v) is 15.1. The number of halogens is 3. The number of benzene rings is 1. The molecule has 5 nitrogen and oxygen atoms in total. The van der Waals surface area contributed by atoms with E-state index in [1.807, 2.05) is 6.07 Å². The van der Waals surface area contributed by atoms with E-state index >= 15 is 0 Å². The Bertz CT molecular complexity index is 1120. The van der Waals surface area contributed by atoms with E-state index in [-0.39, 0.29) is 12.2 Å². The highest BCUT2D eigenvalue weighted by Gasteiger charge is 2.30. The zero-order valence-electron chi connectivity index (χ0n) is 14.3. The maximum atomic E-state index is 12.8. The molecule has 0 unspecified atom stereocenters. The SMILES string of the molecule is O=C(NCc1ccccn1)c1nc2sccn2c1-c1ccc(C(F)(F)F)cc1. The molecule has 28 heavy (non-hydrogen) atoms. The van der Waals surface area contributed by atoms with Gasteiger partial charge in [0, 0.05) is 23.3 Å². The molecule has 0 aliphatic rings. The third kappa shape index (κ3) is 3.48. The largest absolute Gasteiger partial charge is 0.416 e. The average Bonchev–Trinajstić information content (AvgIpc) is 3.27. The Kier molecular flexibility index (Phi) is 4.60. The first kappa shape index (κ1) is 18.2. The van der Waals surface area contributed by atoms with Crippen molar-refractivity contribution in [3.8, 4) is 11.3 Å². The summed E-state index contributed by atoms with van der Waals surface area (Å²) in [7, 11) is 0. The van der Waals surface area contributed by atoms with Gasteiger partial charge in [-0.05, 0) is 24.3 Å².